The van der Waals surface area contributed by atoms with Gasteiger partial charge >= 0.3 is 5.97 Å². The third-order valence-corrected chi connectivity index (χ3v) is 3.55. The van der Waals surface area contributed by atoms with Crippen molar-refractivity contribution in [1.29, 1.82) is 0 Å². The molecule has 0 fully saturated rings. The van der Waals surface area contributed by atoms with Crippen molar-refractivity contribution >= 4 is 29.9 Å². The minimum atomic E-state index is -0.421. The second-order valence-electron chi connectivity index (χ2n) is 3.48. The SMILES string of the molecule is COc1ccc(OC(=O)c2sc(S)nc2C)cc1. The second kappa shape index (κ2) is 5.41. The van der Waals surface area contributed by atoms with Crippen LogP contribution in [0.2, 0.25) is 0 Å². The Kier molecular flexibility index (Phi) is 3.88. The predicted octanol–water partition coefficient (Wildman–Crippen LogP) is 2.97. The van der Waals surface area contributed by atoms with Crippen LogP contribution in [0.15, 0.2) is 28.6 Å². The normalized spacial score (nSPS) is 10.2. The zero-order valence-electron chi connectivity index (χ0n) is 9.84. The molecule has 0 spiro atoms. The lowest BCUT2D eigenvalue weighted by molar-refractivity contribution is 0.0738. The van der Waals surface area contributed by atoms with Crippen molar-refractivity contribution in [2.24, 2.45) is 0 Å². The van der Waals surface area contributed by atoms with Crippen LogP contribution in [0.3, 0.4) is 0 Å². The number of ether oxygens (including phenoxy) is 2. The van der Waals surface area contributed by atoms with Gasteiger partial charge in [0, 0.05) is 0 Å². The van der Waals surface area contributed by atoms with Crippen LogP contribution in [0.1, 0.15) is 15.4 Å². The van der Waals surface area contributed by atoms with Gasteiger partial charge < -0.3 is 9.47 Å². The Hall–Kier alpha value is -1.53. The van der Waals surface area contributed by atoms with Gasteiger partial charge in [0.15, 0.2) is 0 Å². The number of aromatic nitrogens is 1. The van der Waals surface area contributed by atoms with E-state index >= 15 is 0 Å². The van der Waals surface area contributed by atoms with Crippen molar-refractivity contribution in [3.63, 3.8) is 0 Å². The maximum absolute atomic E-state index is 11.9. The van der Waals surface area contributed by atoms with Gasteiger partial charge in [-0.2, -0.15) is 0 Å². The Labute approximate surface area is 114 Å². The van der Waals surface area contributed by atoms with Crippen LogP contribution in [-0.4, -0.2) is 18.1 Å². The minimum Gasteiger partial charge on any atom is -0.497 e. The molecule has 0 N–H and O–H groups in total. The molecule has 0 radical (unpaired) electrons. The molecule has 6 heteroatoms. The first-order valence-corrected chi connectivity index (χ1v) is 6.39. The van der Waals surface area contributed by atoms with Crippen LogP contribution in [0.25, 0.3) is 0 Å². The quantitative estimate of drug-likeness (QED) is 0.534. The highest BCUT2D eigenvalue weighted by atomic mass is 32.2. The molecular weight excluding hydrogens is 270 g/mol. The molecular formula is C12H11NO3S2. The Bertz CT molecular complexity index is 563. The molecule has 0 amide bonds. The van der Waals surface area contributed by atoms with Gasteiger partial charge in [0.25, 0.3) is 0 Å². The summed E-state index contributed by atoms with van der Waals surface area (Å²) in [6, 6.07) is 6.81. The summed E-state index contributed by atoms with van der Waals surface area (Å²) in [5, 5.41) is 0. The number of nitrogens with zero attached hydrogens (tertiary/aromatic N) is 1. The third-order valence-electron chi connectivity index (χ3n) is 2.24. The van der Waals surface area contributed by atoms with E-state index in [1.165, 1.54) is 11.3 Å². The summed E-state index contributed by atoms with van der Waals surface area (Å²) in [5.74, 6) is 0.756. The van der Waals surface area contributed by atoms with Gasteiger partial charge in [-0.25, -0.2) is 9.78 Å². The largest absolute Gasteiger partial charge is 0.497 e. The van der Waals surface area contributed by atoms with E-state index in [-0.39, 0.29) is 0 Å². The number of thiol groups is 1. The van der Waals surface area contributed by atoms with E-state index in [4.69, 9.17) is 9.47 Å². The molecule has 0 atom stereocenters. The highest BCUT2D eigenvalue weighted by Crippen LogP contribution is 2.23. The van der Waals surface area contributed by atoms with Crippen LogP contribution < -0.4 is 9.47 Å². The summed E-state index contributed by atoms with van der Waals surface area (Å²) in [4.78, 5) is 16.4. The molecule has 0 aliphatic carbocycles. The van der Waals surface area contributed by atoms with Crippen molar-refractivity contribution in [2.75, 3.05) is 7.11 Å². The van der Waals surface area contributed by atoms with Crippen molar-refractivity contribution in [1.82, 2.24) is 4.98 Å². The Morgan fingerprint density at radius 1 is 1.28 bits per heavy atom. The molecule has 0 aliphatic heterocycles. The molecule has 0 aliphatic rings. The molecule has 0 bridgehead atoms. The fourth-order valence-corrected chi connectivity index (χ4v) is 2.48. The summed E-state index contributed by atoms with van der Waals surface area (Å²) in [5.41, 5.74) is 0.628. The number of aryl methyl sites for hydroxylation is 1. The zero-order chi connectivity index (χ0) is 13.1. The second-order valence-corrected chi connectivity index (χ2v) is 5.20. The minimum absolute atomic E-state index is 0.421. The van der Waals surface area contributed by atoms with E-state index < -0.39 is 5.97 Å². The lowest BCUT2D eigenvalue weighted by Gasteiger charge is -2.04. The summed E-state index contributed by atoms with van der Waals surface area (Å²) in [7, 11) is 1.58. The van der Waals surface area contributed by atoms with Gasteiger partial charge in [-0.3, -0.25) is 0 Å². The van der Waals surface area contributed by atoms with E-state index in [9.17, 15) is 4.79 Å². The smallest absolute Gasteiger partial charge is 0.355 e. The number of carbonyl (C=O) groups is 1. The first-order valence-electron chi connectivity index (χ1n) is 5.13. The molecule has 2 rings (SSSR count). The van der Waals surface area contributed by atoms with E-state index in [0.717, 1.165) is 0 Å². The molecule has 1 aromatic heterocycles. The zero-order valence-corrected chi connectivity index (χ0v) is 11.5. The Balaban J connectivity index is 2.13. The summed E-state index contributed by atoms with van der Waals surface area (Å²) in [6.07, 6.45) is 0. The number of carbonyl (C=O) groups excluding carboxylic acids is 1. The maximum Gasteiger partial charge on any atom is 0.355 e. The molecule has 0 unspecified atom stereocenters. The third kappa shape index (κ3) is 2.83. The van der Waals surface area contributed by atoms with Crippen LogP contribution >= 0.6 is 24.0 Å². The molecule has 18 heavy (non-hydrogen) atoms. The van der Waals surface area contributed by atoms with E-state index in [2.05, 4.69) is 17.6 Å². The fraction of sp³-hybridized carbons (Fsp3) is 0.167. The van der Waals surface area contributed by atoms with Crippen molar-refractivity contribution in [3.05, 3.63) is 34.8 Å². The maximum atomic E-state index is 11.9. The van der Waals surface area contributed by atoms with Crippen LogP contribution in [0, 0.1) is 6.92 Å². The van der Waals surface area contributed by atoms with Crippen molar-refractivity contribution in [2.45, 2.75) is 11.3 Å². The van der Waals surface area contributed by atoms with Crippen molar-refractivity contribution < 1.29 is 14.3 Å². The number of rotatable bonds is 3. The standard InChI is InChI=1S/C12H11NO3S2/c1-7-10(18-12(17)13-7)11(14)16-9-5-3-8(15-2)4-6-9/h3-6H,1-2H3,(H,13,17). The predicted molar refractivity (Wildman–Crippen MR) is 72.1 cm³/mol. The number of hydrogen-bond donors (Lipinski definition) is 1. The van der Waals surface area contributed by atoms with Gasteiger partial charge in [-0.15, -0.1) is 24.0 Å². The van der Waals surface area contributed by atoms with Gasteiger partial charge in [0.1, 0.15) is 20.7 Å². The molecule has 0 saturated carbocycles. The molecule has 4 nitrogen and oxygen atoms in total. The summed E-state index contributed by atoms with van der Waals surface area (Å²) in [6.45, 7) is 1.75. The number of hydrogen-bond acceptors (Lipinski definition) is 6. The van der Waals surface area contributed by atoms with E-state index in [0.29, 0.717) is 26.4 Å². The highest BCUT2D eigenvalue weighted by Gasteiger charge is 2.16. The fourth-order valence-electron chi connectivity index (χ4n) is 1.37. The lowest BCUT2D eigenvalue weighted by atomic mass is 10.3. The molecule has 1 heterocycles. The number of benzene rings is 1. The highest BCUT2D eigenvalue weighted by molar-refractivity contribution is 7.82. The molecule has 0 saturated heterocycles. The summed E-state index contributed by atoms with van der Waals surface area (Å²) >= 11 is 5.31. The monoisotopic (exact) mass is 281 g/mol. The van der Waals surface area contributed by atoms with Crippen LogP contribution in [-0.2, 0) is 0 Å². The Morgan fingerprint density at radius 2 is 1.89 bits per heavy atom. The first-order chi connectivity index (χ1) is 8.60. The van der Waals surface area contributed by atoms with Crippen LogP contribution in [0.4, 0.5) is 0 Å². The average Bonchev–Trinajstić information content (AvgIpc) is 2.69. The number of methoxy groups -OCH3 is 1. The molecule has 2 aromatic rings. The summed E-state index contributed by atoms with van der Waals surface area (Å²) < 4.78 is 10.8. The van der Waals surface area contributed by atoms with Crippen LogP contribution in [0.5, 0.6) is 11.5 Å². The number of esters is 1. The molecule has 1 aromatic carbocycles. The topological polar surface area (TPSA) is 48.4 Å². The van der Waals surface area contributed by atoms with Gasteiger partial charge in [0.2, 0.25) is 0 Å². The van der Waals surface area contributed by atoms with E-state index in [1.54, 1.807) is 38.3 Å². The van der Waals surface area contributed by atoms with Crippen molar-refractivity contribution in [3.8, 4) is 11.5 Å². The van der Waals surface area contributed by atoms with E-state index in [1.807, 2.05) is 0 Å². The van der Waals surface area contributed by atoms with Gasteiger partial charge in [-0.05, 0) is 31.2 Å². The van der Waals surface area contributed by atoms with Gasteiger partial charge in [0.05, 0.1) is 12.8 Å². The lowest BCUT2D eigenvalue weighted by Crippen LogP contribution is -2.07. The average molecular weight is 281 g/mol. The van der Waals surface area contributed by atoms with Gasteiger partial charge in [-0.1, -0.05) is 0 Å². The first kappa shape index (κ1) is 12.9. The Morgan fingerprint density at radius 3 is 2.39 bits per heavy atom. The number of thiazole rings is 1. The molecule has 94 valence electrons.